The van der Waals surface area contributed by atoms with Crippen molar-refractivity contribution < 1.29 is 17.9 Å². The van der Waals surface area contributed by atoms with E-state index in [0.717, 1.165) is 16.9 Å². The lowest BCUT2D eigenvalue weighted by atomic mass is 10.1. The number of sulfonamides is 1. The van der Waals surface area contributed by atoms with Gasteiger partial charge in [0, 0.05) is 31.5 Å². The lowest BCUT2D eigenvalue weighted by Gasteiger charge is -2.19. The lowest BCUT2D eigenvalue weighted by molar-refractivity contribution is 0.0690. The van der Waals surface area contributed by atoms with Gasteiger partial charge in [-0.3, -0.25) is 0 Å². The second-order valence-corrected chi connectivity index (χ2v) is 10.6. The summed E-state index contributed by atoms with van der Waals surface area (Å²) >= 11 is 0. The highest BCUT2D eigenvalue weighted by atomic mass is 32.2. The lowest BCUT2D eigenvalue weighted by Crippen LogP contribution is -2.44. The van der Waals surface area contributed by atoms with Crippen molar-refractivity contribution in [3.63, 3.8) is 0 Å². The molecule has 11 heteroatoms. The van der Waals surface area contributed by atoms with E-state index in [4.69, 9.17) is 9.47 Å². The van der Waals surface area contributed by atoms with E-state index in [1.807, 2.05) is 55.4 Å². The molecule has 4 unspecified atom stereocenters. The van der Waals surface area contributed by atoms with E-state index in [9.17, 15) is 13.7 Å². The highest BCUT2D eigenvalue weighted by molar-refractivity contribution is 7.89. The minimum Gasteiger partial charge on any atom is -0.378 e. The van der Waals surface area contributed by atoms with E-state index in [-0.39, 0.29) is 29.2 Å². The molecule has 2 saturated heterocycles. The fourth-order valence-electron chi connectivity index (χ4n) is 4.47. The molecule has 2 N–H and O–H groups in total. The van der Waals surface area contributed by atoms with E-state index in [1.54, 1.807) is 18.3 Å². The van der Waals surface area contributed by atoms with Crippen LogP contribution in [0.25, 0.3) is 11.3 Å². The summed E-state index contributed by atoms with van der Waals surface area (Å²) in [6.45, 7) is 0.466. The van der Waals surface area contributed by atoms with Gasteiger partial charge in [-0.05, 0) is 30.3 Å². The number of aromatic nitrogens is 2. The number of ether oxygens (including phenoxy) is 2. The zero-order chi connectivity index (χ0) is 25.3. The highest BCUT2D eigenvalue weighted by Crippen LogP contribution is 2.30. The van der Waals surface area contributed by atoms with Gasteiger partial charge in [0.05, 0.1) is 41.5 Å². The first kappa shape index (κ1) is 24.1. The molecule has 0 radical (unpaired) electrons. The Kier molecular flexibility index (Phi) is 6.59. The first-order valence-electron chi connectivity index (χ1n) is 11.5. The standard InChI is InChI=1S/C25H26N6O4S/c1-31(2)18-9-7-16(8-10-18)19-11-12-27-25(28-19)29-20-14-34-24-21(15-35-23(20)24)30-36(32,33)22-6-4-3-5-17(22)13-26/h3-12,20-21,23-24,30H,14-15H2,1-2H3,(H,27,28,29). The third-order valence-corrected chi connectivity index (χ3v) is 7.85. The van der Waals surface area contributed by atoms with Crippen molar-refractivity contribution in [1.29, 1.82) is 5.26 Å². The molecule has 3 aromatic rings. The third kappa shape index (κ3) is 4.76. The summed E-state index contributed by atoms with van der Waals surface area (Å²) < 4.78 is 40.4. The van der Waals surface area contributed by atoms with Crippen molar-refractivity contribution in [3.05, 3.63) is 66.4 Å². The van der Waals surface area contributed by atoms with Crippen LogP contribution in [0.15, 0.2) is 65.7 Å². The van der Waals surface area contributed by atoms with Gasteiger partial charge < -0.3 is 19.7 Å². The molecular formula is C25H26N6O4S. The van der Waals surface area contributed by atoms with Crippen molar-refractivity contribution in [2.24, 2.45) is 0 Å². The largest absolute Gasteiger partial charge is 0.378 e. The Morgan fingerprint density at radius 1 is 1.00 bits per heavy atom. The molecule has 0 amide bonds. The molecule has 10 nitrogen and oxygen atoms in total. The molecule has 0 spiro atoms. The predicted octanol–water partition coefficient (Wildman–Crippen LogP) is 2.01. The van der Waals surface area contributed by atoms with Gasteiger partial charge in [0.2, 0.25) is 16.0 Å². The highest BCUT2D eigenvalue weighted by Gasteiger charge is 2.49. The topological polar surface area (TPSA) is 129 Å². The number of nitrogens with zero attached hydrogens (tertiary/aromatic N) is 4. The minimum atomic E-state index is -3.93. The van der Waals surface area contributed by atoms with E-state index >= 15 is 0 Å². The molecule has 0 bridgehead atoms. The van der Waals surface area contributed by atoms with Gasteiger partial charge in [-0.1, -0.05) is 24.3 Å². The van der Waals surface area contributed by atoms with Gasteiger partial charge in [0.15, 0.2) is 0 Å². The quantitative estimate of drug-likeness (QED) is 0.494. The number of nitriles is 1. The maximum Gasteiger partial charge on any atom is 0.242 e. The zero-order valence-corrected chi connectivity index (χ0v) is 20.6. The Bertz CT molecular complexity index is 1390. The van der Waals surface area contributed by atoms with Crippen molar-refractivity contribution in [2.75, 3.05) is 37.5 Å². The maximum atomic E-state index is 12.9. The molecule has 2 fully saturated rings. The van der Waals surface area contributed by atoms with Gasteiger partial charge in [0.25, 0.3) is 0 Å². The molecule has 5 rings (SSSR count). The van der Waals surface area contributed by atoms with E-state index in [1.165, 1.54) is 12.1 Å². The molecule has 2 aromatic carbocycles. The second kappa shape index (κ2) is 9.83. The van der Waals surface area contributed by atoms with Gasteiger partial charge in [-0.2, -0.15) is 5.26 Å². The summed E-state index contributed by atoms with van der Waals surface area (Å²) in [7, 11) is 0.0542. The molecular weight excluding hydrogens is 480 g/mol. The molecule has 1 aromatic heterocycles. The van der Waals surface area contributed by atoms with Crippen LogP contribution in [-0.2, 0) is 19.5 Å². The summed E-state index contributed by atoms with van der Waals surface area (Å²) in [4.78, 5) is 11.0. The van der Waals surface area contributed by atoms with Crippen LogP contribution in [0.1, 0.15) is 5.56 Å². The number of rotatable bonds is 7. The van der Waals surface area contributed by atoms with Crippen molar-refractivity contribution >= 4 is 21.7 Å². The fourth-order valence-corrected chi connectivity index (χ4v) is 5.85. The smallest absolute Gasteiger partial charge is 0.242 e. The average molecular weight is 507 g/mol. The Morgan fingerprint density at radius 3 is 2.42 bits per heavy atom. The van der Waals surface area contributed by atoms with E-state index in [0.29, 0.717) is 12.6 Å². The van der Waals surface area contributed by atoms with Gasteiger partial charge in [0.1, 0.15) is 18.3 Å². The van der Waals surface area contributed by atoms with Gasteiger partial charge in [-0.25, -0.2) is 23.1 Å². The molecule has 3 heterocycles. The Labute approximate surface area is 209 Å². The number of anilines is 2. The van der Waals surface area contributed by atoms with Crippen molar-refractivity contribution in [3.8, 4) is 17.3 Å². The summed E-state index contributed by atoms with van der Waals surface area (Å²) in [6, 6.07) is 17.1. The van der Waals surface area contributed by atoms with Crippen LogP contribution in [0.3, 0.4) is 0 Å². The Balaban J connectivity index is 1.27. The molecule has 36 heavy (non-hydrogen) atoms. The van der Waals surface area contributed by atoms with Crippen LogP contribution >= 0.6 is 0 Å². The van der Waals surface area contributed by atoms with Crippen LogP contribution in [0.2, 0.25) is 0 Å². The monoisotopic (exact) mass is 506 g/mol. The SMILES string of the molecule is CN(C)c1ccc(-c2ccnc(NC3COC4C(NS(=O)(=O)c5ccccc5C#N)COC34)n2)cc1. The van der Waals surface area contributed by atoms with Crippen LogP contribution in [-0.4, -0.2) is 70.0 Å². The average Bonchev–Trinajstić information content (AvgIpc) is 3.47. The van der Waals surface area contributed by atoms with Crippen molar-refractivity contribution in [1.82, 2.24) is 14.7 Å². The summed E-state index contributed by atoms with van der Waals surface area (Å²) in [6.07, 6.45) is 0.834. The fraction of sp³-hybridized carbons (Fsp3) is 0.320. The molecule has 2 aliphatic rings. The minimum absolute atomic E-state index is 0.0625. The van der Waals surface area contributed by atoms with Crippen LogP contribution in [0.4, 0.5) is 11.6 Å². The first-order valence-corrected chi connectivity index (χ1v) is 13.0. The summed E-state index contributed by atoms with van der Waals surface area (Å²) in [5.41, 5.74) is 2.93. The maximum absolute atomic E-state index is 12.9. The molecule has 4 atom stereocenters. The Morgan fingerprint density at radius 2 is 1.69 bits per heavy atom. The molecule has 0 aliphatic carbocycles. The molecule has 0 saturated carbocycles. The first-order chi connectivity index (χ1) is 17.4. The van der Waals surface area contributed by atoms with Crippen molar-refractivity contribution in [2.45, 2.75) is 29.2 Å². The van der Waals surface area contributed by atoms with Gasteiger partial charge in [-0.15, -0.1) is 0 Å². The van der Waals surface area contributed by atoms with Crippen LogP contribution < -0.4 is 14.9 Å². The molecule has 2 aliphatic heterocycles. The Hall–Kier alpha value is -3.56. The van der Waals surface area contributed by atoms with Gasteiger partial charge >= 0.3 is 0 Å². The third-order valence-electron chi connectivity index (χ3n) is 6.31. The number of nitrogens with one attached hydrogen (secondary N) is 2. The number of hydrogen-bond acceptors (Lipinski definition) is 9. The number of hydrogen-bond donors (Lipinski definition) is 2. The zero-order valence-electron chi connectivity index (χ0n) is 19.8. The second-order valence-electron chi connectivity index (χ2n) is 8.89. The van der Waals surface area contributed by atoms with Crippen LogP contribution in [0, 0.1) is 11.3 Å². The van der Waals surface area contributed by atoms with Crippen LogP contribution in [0.5, 0.6) is 0 Å². The van der Waals surface area contributed by atoms with E-state index < -0.39 is 22.2 Å². The molecule has 186 valence electrons. The summed E-state index contributed by atoms with van der Waals surface area (Å²) in [5, 5.41) is 12.6. The normalized spacial score (nSPS) is 23.1. The number of fused-ring (bicyclic) bond motifs is 1. The number of benzene rings is 2. The summed E-state index contributed by atoms with van der Waals surface area (Å²) in [5.74, 6) is 0.439. The van der Waals surface area contributed by atoms with E-state index in [2.05, 4.69) is 20.0 Å². The predicted molar refractivity (Wildman–Crippen MR) is 134 cm³/mol.